The summed E-state index contributed by atoms with van der Waals surface area (Å²) in [6, 6.07) is 2.94. The Morgan fingerprint density at radius 2 is 1.89 bits per heavy atom. The molecule has 194 valence electrons. The fourth-order valence-corrected chi connectivity index (χ4v) is 5.03. The SMILES string of the molecule is C=C(CCl)C(C(=O)OCc1ccc([N+](=O)[O-])cc1)N1C(=O)C(N(C=O)C2CCC(OC=O)CC2)C1Cl. The average molecular weight is 542 g/mol. The number of hydrogen-bond donors (Lipinski definition) is 0. The van der Waals surface area contributed by atoms with Crippen LogP contribution in [0.1, 0.15) is 31.2 Å². The molecule has 2 aliphatic rings. The maximum absolute atomic E-state index is 13.1. The number of ether oxygens (including phenoxy) is 2. The Bertz CT molecular complexity index is 1010. The number of carbonyl (C=O) groups excluding carboxylic acids is 4. The molecule has 13 heteroatoms. The fourth-order valence-electron chi connectivity index (χ4n) is 4.44. The number of β-lactam (4-membered cyclic amide) rings is 1. The first-order chi connectivity index (χ1) is 17.2. The molecule has 3 atom stereocenters. The summed E-state index contributed by atoms with van der Waals surface area (Å²) in [6.45, 7) is 3.97. The molecule has 0 aromatic heterocycles. The van der Waals surface area contributed by atoms with Crippen molar-refractivity contribution < 1.29 is 33.6 Å². The van der Waals surface area contributed by atoms with Gasteiger partial charge < -0.3 is 19.3 Å². The minimum absolute atomic E-state index is 0.106. The van der Waals surface area contributed by atoms with Gasteiger partial charge in [0.2, 0.25) is 6.41 Å². The second-order valence-corrected chi connectivity index (χ2v) is 9.22. The lowest BCUT2D eigenvalue weighted by Crippen LogP contribution is -2.73. The van der Waals surface area contributed by atoms with E-state index in [1.54, 1.807) is 0 Å². The van der Waals surface area contributed by atoms with E-state index in [4.69, 9.17) is 32.7 Å². The van der Waals surface area contributed by atoms with Crippen LogP contribution < -0.4 is 0 Å². The number of esters is 1. The highest BCUT2D eigenvalue weighted by atomic mass is 35.5. The van der Waals surface area contributed by atoms with Gasteiger partial charge in [-0.3, -0.25) is 24.5 Å². The fraction of sp³-hybridized carbons (Fsp3) is 0.478. The third-order valence-electron chi connectivity index (χ3n) is 6.38. The van der Waals surface area contributed by atoms with E-state index in [9.17, 15) is 29.3 Å². The van der Waals surface area contributed by atoms with E-state index in [0.29, 0.717) is 44.1 Å². The first-order valence-corrected chi connectivity index (χ1v) is 12.1. The van der Waals surface area contributed by atoms with E-state index in [2.05, 4.69) is 6.58 Å². The molecule has 11 nitrogen and oxygen atoms in total. The zero-order chi connectivity index (χ0) is 26.4. The first-order valence-electron chi connectivity index (χ1n) is 11.1. The highest BCUT2D eigenvalue weighted by Crippen LogP contribution is 2.36. The summed E-state index contributed by atoms with van der Waals surface area (Å²) in [5.41, 5.74) is -0.443. The number of alkyl halides is 2. The second kappa shape index (κ2) is 12.2. The Kier molecular flexibility index (Phi) is 9.27. The molecule has 1 aliphatic heterocycles. The maximum atomic E-state index is 13.1. The number of nitro benzene ring substituents is 1. The quantitative estimate of drug-likeness (QED) is 0.0575. The largest absolute Gasteiger partial charge is 0.465 e. The maximum Gasteiger partial charge on any atom is 0.333 e. The van der Waals surface area contributed by atoms with Crippen molar-refractivity contribution in [1.82, 2.24) is 9.80 Å². The van der Waals surface area contributed by atoms with Crippen LogP contribution in [-0.4, -0.2) is 75.1 Å². The zero-order valence-electron chi connectivity index (χ0n) is 19.2. The van der Waals surface area contributed by atoms with Crippen LogP contribution >= 0.6 is 23.2 Å². The van der Waals surface area contributed by atoms with Gasteiger partial charge in [-0.1, -0.05) is 18.2 Å². The predicted molar refractivity (Wildman–Crippen MR) is 128 cm³/mol. The van der Waals surface area contributed by atoms with Crippen molar-refractivity contribution in [3.63, 3.8) is 0 Å². The summed E-state index contributed by atoms with van der Waals surface area (Å²) in [7, 11) is 0. The minimum atomic E-state index is -1.27. The van der Waals surface area contributed by atoms with E-state index >= 15 is 0 Å². The van der Waals surface area contributed by atoms with Gasteiger partial charge in [0.1, 0.15) is 24.3 Å². The highest BCUT2D eigenvalue weighted by molar-refractivity contribution is 6.27. The molecule has 1 aromatic carbocycles. The smallest absolute Gasteiger partial charge is 0.333 e. The molecular weight excluding hydrogens is 517 g/mol. The molecular formula is C23H25Cl2N3O8. The van der Waals surface area contributed by atoms with E-state index in [1.165, 1.54) is 29.2 Å². The molecule has 0 radical (unpaired) electrons. The number of hydrogen-bond acceptors (Lipinski definition) is 8. The number of carbonyl (C=O) groups is 4. The van der Waals surface area contributed by atoms with Crippen molar-refractivity contribution in [1.29, 1.82) is 0 Å². The molecule has 2 amide bonds. The van der Waals surface area contributed by atoms with Crippen LogP contribution in [0.15, 0.2) is 36.4 Å². The molecule has 36 heavy (non-hydrogen) atoms. The topological polar surface area (TPSA) is 136 Å². The van der Waals surface area contributed by atoms with E-state index in [0.717, 1.165) is 4.90 Å². The van der Waals surface area contributed by atoms with Crippen molar-refractivity contribution in [2.45, 2.75) is 62.0 Å². The van der Waals surface area contributed by atoms with Crippen molar-refractivity contribution in [2.24, 2.45) is 0 Å². The summed E-state index contributed by atoms with van der Waals surface area (Å²) in [5, 5.41) is 10.8. The molecule has 1 heterocycles. The van der Waals surface area contributed by atoms with Gasteiger partial charge in [0.25, 0.3) is 18.1 Å². The Morgan fingerprint density at radius 3 is 2.39 bits per heavy atom. The van der Waals surface area contributed by atoms with E-state index in [1.807, 2.05) is 0 Å². The summed E-state index contributed by atoms with van der Waals surface area (Å²) in [5.74, 6) is -1.51. The molecule has 2 fully saturated rings. The van der Waals surface area contributed by atoms with Gasteiger partial charge >= 0.3 is 5.97 Å². The minimum Gasteiger partial charge on any atom is -0.465 e. The van der Waals surface area contributed by atoms with Crippen LogP contribution in [0.4, 0.5) is 5.69 Å². The Hall–Kier alpha value is -3.18. The van der Waals surface area contributed by atoms with Crippen molar-refractivity contribution >= 4 is 53.6 Å². The molecule has 1 saturated heterocycles. The van der Waals surface area contributed by atoms with Crippen LogP contribution in [0.5, 0.6) is 0 Å². The van der Waals surface area contributed by atoms with Crippen LogP contribution in [0.25, 0.3) is 0 Å². The van der Waals surface area contributed by atoms with Crippen LogP contribution in [0, 0.1) is 10.1 Å². The van der Waals surface area contributed by atoms with Crippen LogP contribution in [-0.2, 0) is 35.3 Å². The number of likely N-dealkylation sites (tertiary alicyclic amines) is 1. The second-order valence-electron chi connectivity index (χ2n) is 8.50. The number of benzene rings is 1. The normalized spacial score (nSPS) is 24.2. The van der Waals surface area contributed by atoms with Crippen molar-refractivity contribution in [2.75, 3.05) is 5.88 Å². The monoisotopic (exact) mass is 541 g/mol. The van der Waals surface area contributed by atoms with Gasteiger partial charge in [0, 0.05) is 24.1 Å². The van der Waals surface area contributed by atoms with E-state index in [-0.39, 0.29) is 35.9 Å². The molecule has 0 bridgehead atoms. The lowest BCUT2D eigenvalue weighted by Gasteiger charge is -2.52. The van der Waals surface area contributed by atoms with Gasteiger partial charge in [0.15, 0.2) is 6.04 Å². The number of amides is 2. The summed E-state index contributed by atoms with van der Waals surface area (Å²) < 4.78 is 10.3. The van der Waals surface area contributed by atoms with Crippen molar-refractivity contribution in [3.05, 3.63) is 52.1 Å². The third-order valence-corrected chi connectivity index (χ3v) is 7.17. The predicted octanol–water partition coefficient (Wildman–Crippen LogP) is 2.52. The molecule has 1 saturated carbocycles. The van der Waals surface area contributed by atoms with Gasteiger partial charge in [-0.05, 0) is 49.0 Å². The number of nitrogens with zero attached hydrogens (tertiary/aromatic N) is 3. The lowest BCUT2D eigenvalue weighted by molar-refractivity contribution is -0.384. The average Bonchev–Trinajstić information content (AvgIpc) is 2.89. The first kappa shape index (κ1) is 27.4. The highest BCUT2D eigenvalue weighted by Gasteiger charge is 2.56. The Balaban J connectivity index is 1.67. The Labute approximate surface area is 217 Å². The third kappa shape index (κ3) is 5.79. The molecule has 0 N–H and O–H groups in total. The zero-order valence-corrected chi connectivity index (χ0v) is 20.7. The van der Waals surface area contributed by atoms with Crippen LogP contribution in [0.2, 0.25) is 0 Å². The number of nitro groups is 1. The van der Waals surface area contributed by atoms with E-state index < -0.39 is 34.4 Å². The molecule has 1 aromatic rings. The standard InChI is InChI=1S/C23H25Cl2N3O8/c1-14(10-24)19(23(32)35-11-15-2-4-17(5-3-15)28(33)34)27-21(25)20(22(27)31)26(12-29)16-6-8-18(9-7-16)36-13-30/h2-5,12-13,16,18-21H,1,6-11H2. The van der Waals surface area contributed by atoms with Gasteiger partial charge in [-0.15, -0.1) is 11.6 Å². The molecule has 1 aliphatic carbocycles. The van der Waals surface area contributed by atoms with Gasteiger partial charge in [0.05, 0.1) is 4.92 Å². The molecule has 0 spiro atoms. The number of halogens is 2. The molecule has 3 unspecified atom stereocenters. The van der Waals surface area contributed by atoms with Gasteiger partial charge in [-0.25, -0.2) is 4.79 Å². The summed E-state index contributed by atoms with van der Waals surface area (Å²) in [6.07, 6.45) is 2.49. The summed E-state index contributed by atoms with van der Waals surface area (Å²) >= 11 is 12.4. The lowest BCUT2D eigenvalue weighted by atomic mass is 9.89. The number of rotatable bonds is 12. The number of non-ortho nitro benzene ring substituents is 1. The van der Waals surface area contributed by atoms with Crippen molar-refractivity contribution in [3.8, 4) is 0 Å². The molecule has 3 rings (SSSR count). The Morgan fingerprint density at radius 1 is 1.25 bits per heavy atom. The summed E-state index contributed by atoms with van der Waals surface area (Å²) in [4.78, 5) is 61.2. The van der Waals surface area contributed by atoms with Crippen LogP contribution in [0.3, 0.4) is 0 Å². The van der Waals surface area contributed by atoms with Gasteiger partial charge in [-0.2, -0.15) is 0 Å².